The Morgan fingerprint density at radius 2 is 1.72 bits per heavy atom. The second kappa shape index (κ2) is 14.4. The third kappa shape index (κ3) is 7.08. The second-order valence-electron chi connectivity index (χ2n) is 12.2. The average Bonchev–Trinajstić information content (AvgIpc) is 3.66. The van der Waals surface area contributed by atoms with Crippen LogP contribution < -0.4 is 24.3 Å². The molecule has 1 fully saturated rings. The normalized spacial score (nSPS) is 19.0. The molecule has 2 N–H and O–H groups in total. The highest BCUT2D eigenvalue weighted by Gasteiger charge is 2.48. The maximum Gasteiger partial charge on any atom is 0.309 e. The van der Waals surface area contributed by atoms with E-state index in [1.165, 1.54) is 0 Å². The van der Waals surface area contributed by atoms with Gasteiger partial charge in [-0.2, -0.15) is 0 Å². The molecule has 0 bridgehead atoms. The third-order valence-corrected chi connectivity index (χ3v) is 8.84. The van der Waals surface area contributed by atoms with Crippen molar-refractivity contribution in [3.05, 3.63) is 76.3 Å². The number of carboxylic acid groups (broad SMARTS) is 1. The van der Waals surface area contributed by atoms with Gasteiger partial charge >= 0.3 is 5.97 Å². The van der Waals surface area contributed by atoms with Gasteiger partial charge in [-0.05, 0) is 80.4 Å². The molecule has 0 aliphatic carbocycles. The number of hydrogen-bond acceptors (Lipinski definition) is 8. The molecule has 0 radical (unpaired) electrons. The maximum absolute atomic E-state index is 13.8. The molecule has 10 nitrogen and oxygen atoms in total. The second-order valence-corrected chi connectivity index (χ2v) is 12.2. The van der Waals surface area contributed by atoms with Gasteiger partial charge in [-0.25, -0.2) is 0 Å². The number of nitrogens with one attached hydrogen (secondary N) is 1. The fourth-order valence-corrected chi connectivity index (χ4v) is 6.62. The monoisotopic (exact) mass is 631 g/mol. The number of carboxylic acids is 1. The third-order valence-electron chi connectivity index (χ3n) is 8.84. The van der Waals surface area contributed by atoms with Crippen LogP contribution in [0.4, 0.5) is 5.69 Å². The molecule has 1 saturated heterocycles. The number of aryl methyl sites for hydroxylation is 3. The van der Waals surface area contributed by atoms with Crippen LogP contribution >= 0.6 is 0 Å². The highest BCUT2D eigenvalue weighted by atomic mass is 16.7. The summed E-state index contributed by atoms with van der Waals surface area (Å²) in [6.07, 6.45) is 1.57. The molecule has 3 aromatic rings. The van der Waals surface area contributed by atoms with Crippen molar-refractivity contribution >= 4 is 17.6 Å². The topological polar surface area (TPSA) is 110 Å². The summed E-state index contributed by atoms with van der Waals surface area (Å²) < 4.78 is 22.8. The summed E-state index contributed by atoms with van der Waals surface area (Å²) in [5.74, 6) is -0.220. The zero-order chi connectivity index (χ0) is 33.0. The molecular formula is C36H45N3O7. The Hall–Kier alpha value is -4.28. The molecule has 2 heterocycles. The minimum absolute atomic E-state index is 0.0217. The Labute approximate surface area is 271 Å². The van der Waals surface area contributed by atoms with Gasteiger partial charge in [0.2, 0.25) is 18.4 Å². The van der Waals surface area contributed by atoms with Crippen molar-refractivity contribution < 1.29 is 33.6 Å². The number of likely N-dealkylation sites (tertiary alicyclic amines) is 1. The molecule has 246 valence electrons. The minimum atomic E-state index is -0.944. The maximum atomic E-state index is 13.8. The van der Waals surface area contributed by atoms with Crippen LogP contribution in [-0.2, 0) is 22.4 Å². The molecule has 3 aromatic carbocycles. The summed E-state index contributed by atoms with van der Waals surface area (Å²) in [5, 5.41) is 13.9. The van der Waals surface area contributed by atoms with Crippen LogP contribution in [0, 0.1) is 12.8 Å². The van der Waals surface area contributed by atoms with Crippen LogP contribution in [-0.4, -0.2) is 81.0 Å². The predicted octanol–water partition coefficient (Wildman–Crippen LogP) is 5.28. The van der Waals surface area contributed by atoms with E-state index in [0.717, 1.165) is 52.9 Å². The SMILES string of the molecule is CCc1cc(C)cc(CC)c1NC(=O)CN1C[C@H](c2cc(OC)c3c(c2)OCO3)C(C(=O)O)[C@@H]1c1ccc(OCCN(C)C)cc1. The molecule has 1 unspecified atom stereocenters. The van der Waals surface area contributed by atoms with E-state index in [2.05, 4.69) is 38.2 Å². The van der Waals surface area contributed by atoms with Crippen LogP contribution in [0.15, 0.2) is 48.5 Å². The molecule has 10 heteroatoms. The number of carbonyl (C=O) groups is 2. The summed E-state index contributed by atoms with van der Waals surface area (Å²) in [7, 11) is 5.52. The minimum Gasteiger partial charge on any atom is -0.493 e. The van der Waals surface area contributed by atoms with Crippen LogP contribution in [0.1, 0.15) is 53.6 Å². The van der Waals surface area contributed by atoms with Gasteiger partial charge in [0, 0.05) is 30.7 Å². The number of fused-ring (bicyclic) bond motifs is 1. The molecule has 1 amide bonds. The highest BCUT2D eigenvalue weighted by molar-refractivity contribution is 5.94. The van der Waals surface area contributed by atoms with Gasteiger partial charge in [-0.1, -0.05) is 43.7 Å². The molecule has 2 aliphatic rings. The van der Waals surface area contributed by atoms with E-state index in [0.29, 0.717) is 36.1 Å². The van der Waals surface area contributed by atoms with Crippen LogP contribution in [0.25, 0.3) is 0 Å². The Morgan fingerprint density at radius 1 is 1.02 bits per heavy atom. The van der Waals surface area contributed by atoms with E-state index in [4.69, 9.17) is 18.9 Å². The highest BCUT2D eigenvalue weighted by Crippen LogP contribution is 2.50. The Bertz CT molecular complexity index is 1530. The molecule has 2 aliphatic heterocycles. The Balaban J connectivity index is 1.49. The lowest BCUT2D eigenvalue weighted by atomic mass is 9.82. The van der Waals surface area contributed by atoms with Crippen molar-refractivity contribution in [3.8, 4) is 23.0 Å². The summed E-state index contributed by atoms with van der Waals surface area (Å²) in [4.78, 5) is 30.9. The standard InChI is InChI=1S/C36H45N3O7/c1-7-23-15-22(3)16-24(8-2)33(23)37-31(40)20-39-19-28(26-17-29(43-6)35-30(18-26)45-21-46-35)32(36(41)42)34(39)25-9-11-27(12-10-25)44-14-13-38(4)5/h9-12,15-18,28,32,34H,7-8,13-14,19-21H2,1-6H3,(H,37,40)(H,41,42)/t28-,32?,34+/m1/s1. The van der Waals surface area contributed by atoms with Crippen LogP contribution in [0.2, 0.25) is 0 Å². The van der Waals surface area contributed by atoms with Gasteiger partial charge in [0.15, 0.2) is 11.5 Å². The van der Waals surface area contributed by atoms with Gasteiger partial charge in [0.05, 0.1) is 19.6 Å². The van der Waals surface area contributed by atoms with Crippen molar-refractivity contribution in [1.82, 2.24) is 9.80 Å². The lowest BCUT2D eigenvalue weighted by Gasteiger charge is -2.27. The number of methoxy groups -OCH3 is 1. The van der Waals surface area contributed by atoms with Gasteiger partial charge in [-0.15, -0.1) is 0 Å². The Morgan fingerprint density at radius 3 is 2.33 bits per heavy atom. The number of anilines is 1. The molecule has 0 aromatic heterocycles. The zero-order valence-electron chi connectivity index (χ0n) is 27.6. The summed E-state index contributed by atoms with van der Waals surface area (Å²) in [6, 6.07) is 14.9. The first-order valence-electron chi connectivity index (χ1n) is 15.9. The number of hydrogen-bond donors (Lipinski definition) is 2. The van der Waals surface area contributed by atoms with E-state index in [-0.39, 0.29) is 19.2 Å². The van der Waals surface area contributed by atoms with Gasteiger partial charge in [0.25, 0.3) is 0 Å². The first-order chi connectivity index (χ1) is 22.1. The fourth-order valence-electron chi connectivity index (χ4n) is 6.62. The molecule has 0 saturated carbocycles. The van der Waals surface area contributed by atoms with Crippen molar-refractivity contribution in [2.24, 2.45) is 5.92 Å². The number of likely N-dealkylation sites (N-methyl/N-ethyl adjacent to an activating group) is 1. The number of rotatable bonds is 13. The first-order valence-corrected chi connectivity index (χ1v) is 15.9. The molecule has 46 heavy (non-hydrogen) atoms. The number of benzene rings is 3. The van der Waals surface area contributed by atoms with E-state index in [1.807, 2.05) is 60.3 Å². The van der Waals surface area contributed by atoms with E-state index < -0.39 is 23.8 Å². The molecule has 0 spiro atoms. The van der Waals surface area contributed by atoms with Crippen LogP contribution in [0.5, 0.6) is 23.0 Å². The smallest absolute Gasteiger partial charge is 0.309 e. The fraction of sp³-hybridized carbons (Fsp3) is 0.444. The number of carbonyl (C=O) groups excluding carboxylic acids is 1. The predicted molar refractivity (Wildman–Crippen MR) is 176 cm³/mol. The van der Waals surface area contributed by atoms with E-state index in [1.54, 1.807) is 7.11 Å². The van der Waals surface area contributed by atoms with Crippen LogP contribution in [0.3, 0.4) is 0 Å². The Kier molecular flexibility index (Phi) is 10.4. The van der Waals surface area contributed by atoms with E-state index in [9.17, 15) is 14.7 Å². The number of nitrogens with zero attached hydrogens (tertiary/aromatic N) is 2. The molecule has 3 atom stereocenters. The average molecular weight is 632 g/mol. The molecule has 5 rings (SSSR count). The quantitative estimate of drug-likeness (QED) is 0.261. The van der Waals surface area contributed by atoms with Crippen molar-refractivity contribution in [1.29, 1.82) is 0 Å². The van der Waals surface area contributed by atoms with Gasteiger partial charge in [-0.3, -0.25) is 14.5 Å². The molecular weight excluding hydrogens is 586 g/mol. The van der Waals surface area contributed by atoms with Crippen molar-refractivity contribution in [3.63, 3.8) is 0 Å². The largest absolute Gasteiger partial charge is 0.493 e. The zero-order valence-corrected chi connectivity index (χ0v) is 27.6. The van der Waals surface area contributed by atoms with Crippen molar-refractivity contribution in [2.75, 3.05) is 59.6 Å². The summed E-state index contributed by atoms with van der Waals surface area (Å²) >= 11 is 0. The summed E-state index contributed by atoms with van der Waals surface area (Å²) in [6.45, 7) is 7.96. The number of amides is 1. The number of aliphatic carboxylic acids is 1. The lowest BCUT2D eigenvalue weighted by Crippen LogP contribution is -2.35. The lowest BCUT2D eigenvalue weighted by molar-refractivity contribution is -0.143. The first kappa shape index (κ1) is 33.1. The van der Waals surface area contributed by atoms with Crippen molar-refractivity contribution in [2.45, 2.75) is 45.6 Å². The van der Waals surface area contributed by atoms with E-state index >= 15 is 0 Å². The van der Waals surface area contributed by atoms with Gasteiger partial charge < -0.3 is 34.3 Å². The number of ether oxygens (including phenoxy) is 4. The van der Waals surface area contributed by atoms with Gasteiger partial charge in [0.1, 0.15) is 12.4 Å². The summed E-state index contributed by atoms with van der Waals surface area (Å²) in [5.41, 5.74) is 5.73.